The molecule has 0 fully saturated rings. The zero-order chi connectivity index (χ0) is 9.42. The molecule has 1 aromatic carbocycles. The third-order valence-corrected chi connectivity index (χ3v) is 2.48. The summed E-state index contributed by atoms with van der Waals surface area (Å²) >= 11 is 1.36. The fraction of sp³-hybridized carbons (Fsp3) is 0. The molecular weight excluding hydrogens is 190 g/mol. The van der Waals surface area contributed by atoms with Crippen LogP contribution in [0.2, 0.25) is 0 Å². The number of nitrogens with two attached hydrogens (primary N) is 1. The third-order valence-electron chi connectivity index (χ3n) is 1.69. The maximum atomic E-state index is 10.6. The molecule has 0 bridgehead atoms. The van der Waals surface area contributed by atoms with E-state index in [1.54, 1.807) is 11.6 Å². The Hall–Kier alpha value is -1.69. The Balaban J connectivity index is 2.88. The molecule has 0 saturated carbocycles. The van der Waals surface area contributed by atoms with E-state index in [-0.39, 0.29) is 11.4 Å². The van der Waals surface area contributed by atoms with Gasteiger partial charge in [0.25, 0.3) is 0 Å². The molecule has 0 aliphatic heterocycles. The molecule has 5 nitrogen and oxygen atoms in total. The number of thiazole rings is 1. The number of hydrogen-bond acceptors (Lipinski definition) is 5. The van der Waals surface area contributed by atoms with Crippen LogP contribution in [0.1, 0.15) is 0 Å². The van der Waals surface area contributed by atoms with Crippen molar-refractivity contribution in [3.05, 3.63) is 27.8 Å². The van der Waals surface area contributed by atoms with Gasteiger partial charge in [-0.25, -0.2) is 4.98 Å². The quantitative estimate of drug-likeness (QED) is 0.427. The summed E-state index contributed by atoms with van der Waals surface area (Å²) in [5.41, 5.74) is 7.46. The summed E-state index contributed by atoms with van der Waals surface area (Å²) in [6.07, 6.45) is 0. The summed E-state index contributed by atoms with van der Waals surface area (Å²) in [7, 11) is 0. The molecule has 0 atom stereocenters. The number of hydrogen-bond donors (Lipinski definition) is 1. The van der Waals surface area contributed by atoms with Crippen LogP contribution in [0, 0.1) is 10.1 Å². The van der Waals surface area contributed by atoms with Gasteiger partial charge in [-0.05, 0) is 12.1 Å². The van der Waals surface area contributed by atoms with Gasteiger partial charge in [-0.1, -0.05) is 0 Å². The van der Waals surface area contributed by atoms with Crippen molar-refractivity contribution in [2.24, 2.45) is 0 Å². The fourth-order valence-corrected chi connectivity index (χ4v) is 1.80. The molecule has 2 aromatic rings. The second-order valence-corrected chi connectivity index (χ2v) is 3.35. The van der Waals surface area contributed by atoms with Gasteiger partial charge in [-0.2, -0.15) is 0 Å². The van der Waals surface area contributed by atoms with Gasteiger partial charge in [0, 0.05) is 0 Å². The van der Waals surface area contributed by atoms with Crippen molar-refractivity contribution >= 4 is 32.9 Å². The topological polar surface area (TPSA) is 82.0 Å². The van der Waals surface area contributed by atoms with Crippen LogP contribution in [0.15, 0.2) is 17.6 Å². The Kier molecular flexibility index (Phi) is 1.63. The molecule has 0 aliphatic carbocycles. The minimum absolute atomic E-state index is 0.0984. The first-order valence-corrected chi connectivity index (χ1v) is 4.34. The Morgan fingerprint density at radius 3 is 3.00 bits per heavy atom. The van der Waals surface area contributed by atoms with Crippen molar-refractivity contribution in [1.82, 2.24) is 4.98 Å². The van der Waals surface area contributed by atoms with E-state index in [0.717, 1.165) is 4.70 Å². The van der Waals surface area contributed by atoms with Gasteiger partial charge in [-0.3, -0.25) is 10.1 Å². The first-order valence-electron chi connectivity index (χ1n) is 3.46. The molecule has 0 saturated heterocycles. The van der Waals surface area contributed by atoms with Gasteiger partial charge in [0.1, 0.15) is 5.69 Å². The predicted octanol–water partition coefficient (Wildman–Crippen LogP) is 1.79. The zero-order valence-electron chi connectivity index (χ0n) is 6.43. The predicted molar refractivity (Wildman–Crippen MR) is 50.7 cm³/mol. The first-order chi connectivity index (χ1) is 6.20. The third kappa shape index (κ3) is 1.11. The standard InChI is InChI=1S/C7H5N3O2S/c8-4-1-2-5-6(9-3-13-5)7(4)10(11)12/h1-3H,8H2. The Bertz CT molecular complexity index is 480. The first kappa shape index (κ1) is 7.93. The lowest BCUT2D eigenvalue weighted by Gasteiger charge is -1.96. The van der Waals surface area contributed by atoms with Crippen molar-refractivity contribution in [3.8, 4) is 0 Å². The SMILES string of the molecule is Nc1ccc2scnc2c1[N+](=O)[O-]. The lowest BCUT2D eigenvalue weighted by Crippen LogP contribution is -1.95. The highest BCUT2D eigenvalue weighted by Gasteiger charge is 2.17. The summed E-state index contributed by atoms with van der Waals surface area (Å²) < 4.78 is 0.779. The van der Waals surface area contributed by atoms with E-state index in [2.05, 4.69) is 4.98 Å². The second-order valence-electron chi connectivity index (χ2n) is 2.46. The number of nitro benzene ring substituents is 1. The summed E-state index contributed by atoms with van der Waals surface area (Å²) in [6, 6.07) is 3.26. The molecule has 0 radical (unpaired) electrons. The molecule has 1 aromatic heterocycles. The minimum Gasteiger partial charge on any atom is -0.393 e. The van der Waals surface area contributed by atoms with Crippen molar-refractivity contribution in [1.29, 1.82) is 0 Å². The Labute approximate surface area is 77.0 Å². The molecule has 66 valence electrons. The molecule has 13 heavy (non-hydrogen) atoms. The van der Waals surface area contributed by atoms with Crippen LogP contribution in [0.4, 0.5) is 11.4 Å². The van der Waals surface area contributed by atoms with Crippen LogP contribution < -0.4 is 5.73 Å². The maximum Gasteiger partial charge on any atom is 0.318 e. The van der Waals surface area contributed by atoms with Gasteiger partial charge in [0.05, 0.1) is 15.1 Å². The number of nitrogens with zero attached hydrogens (tertiary/aromatic N) is 2. The van der Waals surface area contributed by atoms with Gasteiger partial charge in [0.2, 0.25) is 0 Å². The average Bonchev–Trinajstić information content (AvgIpc) is 2.50. The summed E-state index contributed by atoms with van der Waals surface area (Å²) in [5.74, 6) is 0. The van der Waals surface area contributed by atoms with E-state index in [1.165, 1.54) is 17.4 Å². The van der Waals surface area contributed by atoms with E-state index >= 15 is 0 Å². The highest BCUT2D eigenvalue weighted by molar-refractivity contribution is 7.16. The van der Waals surface area contributed by atoms with Crippen LogP contribution in [0.25, 0.3) is 10.2 Å². The number of aromatic nitrogens is 1. The van der Waals surface area contributed by atoms with Crippen molar-refractivity contribution in [2.45, 2.75) is 0 Å². The summed E-state index contributed by atoms with van der Waals surface area (Å²) in [4.78, 5) is 14.0. The molecule has 2 N–H and O–H groups in total. The number of nitro groups is 1. The van der Waals surface area contributed by atoms with Crippen LogP contribution in [0.5, 0.6) is 0 Å². The van der Waals surface area contributed by atoms with Gasteiger partial charge in [0.15, 0.2) is 5.52 Å². The molecule has 0 amide bonds. The van der Waals surface area contributed by atoms with Crippen LogP contribution in [-0.2, 0) is 0 Å². The van der Waals surface area contributed by atoms with Crippen molar-refractivity contribution < 1.29 is 4.92 Å². The highest BCUT2D eigenvalue weighted by atomic mass is 32.1. The van der Waals surface area contributed by atoms with E-state index in [9.17, 15) is 10.1 Å². The van der Waals surface area contributed by atoms with Crippen LogP contribution in [0.3, 0.4) is 0 Å². The van der Waals surface area contributed by atoms with E-state index in [4.69, 9.17) is 5.73 Å². The largest absolute Gasteiger partial charge is 0.393 e. The molecule has 1 heterocycles. The molecule has 6 heteroatoms. The number of fused-ring (bicyclic) bond motifs is 1. The number of rotatable bonds is 1. The normalized spacial score (nSPS) is 10.5. The van der Waals surface area contributed by atoms with E-state index < -0.39 is 4.92 Å². The van der Waals surface area contributed by atoms with Gasteiger partial charge in [-0.15, -0.1) is 11.3 Å². The average molecular weight is 195 g/mol. The lowest BCUT2D eigenvalue weighted by atomic mass is 10.2. The molecule has 2 rings (SSSR count). The Morgan fingerprint density at radius 1 is 1.54 bits per heavy atom. The zero-order valence-corrected chi connectivity index (χ0v) is 7.25. The fourth-order valence-electron chi connectivity index (χ4n) is 1.12. The number of nitrogen functional groups attached to an aromatic ring is 1. The van der Waals surface area contributed by atoms with Crippen LogP contribution in [-0.4, -0.2) is 9.91 Å². The summed E-state index contributed by atoms with van der Waals surface area (Å²) in [6.45, 7) is 0. The van der Waals surface area contributed by atoms with Gasteiger partial charge >= 0.3 is 5.69 Å². The molecule has 0 unspecified atom stereocenters. The van der Waals surface area contributed by atoms with E-state index in [0.29, 0.717) is 5.52 Å². The van der Waals surface area contributed by atoms with Gasteiger partial charge < -0.3 is 5.73 Å². The monoisotopic (exact) mass is 195 g/mol. The van der Waals surface area contributed by atoms with Crippen molar-refractivity contribution in [3.63, 3.8) is 0 Å². The second kappa shape index (κ2) is 2.67. The maximum absolute atomic E-state index is 10.6. The lowest BCUT2D eigenvalue weighted by molar-refractivity contribution is -0.382. The molecule has 0 aliphatic rings. The smallest absolute Gasteiger partial charge is 0.318 e. The Morgan fingerprint density at radius 2 is 2.31 bits per heavy atom. The number of benzene rings is 1. The highest BCUT2D eigenvalue weighted by Crippen LogP contribution is 2.31. The minimum atomic E-state index is -0.503. The molecule has 0 spiro atoms. The van der Waals surface area contributed by atoms with E-state index in [1.807, 2.05) is 0 Å². The number of anilines is 1. The summed E-state index contributed by atoms with van der Waals surface area (Å²) in [5, 5.41) is 10.6. The van der Waals surface area contributed by atoms with Crippen molar-refractivity contribution in [2.75, 3.05) is 5.73 Å². The molecular formula is C7H5N3O2S. The van der Waals surface area contributed by atoms with Crippen LogP contribution >= 0.6 is 11.3 Å².